The molecule has 1 unspecified atom stereocenters. The molecule has 0 amide bonds. The smallest absolute Gasteiger partial charge is 0.184 e. The number of carbonyl (C=O) groups excluding carboxylic acids is 2. The molecular formula is C15H28O3Si. The lowest BCUT2D eigenvalue weighted by atomic mass is 10.0. The second kappa shape index (κ2) is 9.24. The zero-order valence-electron chi connectivity index (χ0n) is 13.0. The van der Waals surface area contributed by atoms with Crippen molar-refractivity contribution in [3.8, 4) is 0 Å². The van der Waals surface area contributed by atoms with Gasteiger partial charge in [-0.25, -0.2) is 4.79 Å². The van der Waals surface area contributed by atoms with E-state index >= 15 is 0 Å². The monoisotopic (exact) mass is 284 g/mol. The van der Waals surface area contributed by atoms with Gasteiger partial charge in [0.05, 0.1) is 0 Å². The van der Waals surface area contributed by atoms with Crippen LogP contribution in [0.2, 0.25) is 19.6 Å². The van der Waals surface area contributed by atoms with Crippen molar-refractivity contribution in [1.29, 1.82) is 0 Å². The van der Waals surface area contributed by atoms with Crippen LogP contribution in [0.5, 0.6) is 0 Å². The molecule has 0 saturated carbocycles. The van der Waals surface area contributed by atoms with Crippen molar-refractivity contribution in [2.24, 2.45) is 0 Å². The molecule has 0 N–H and O–H groups in total. The lowest BCUT2D eigenvalue weighted by Gasteiger charge is -2.26. The van der Waals surface area contributed by atoms with Gasteiger partial charge < -0.3 is 9.22 Å². The maximum Gasteiger partial charge on any atom is 0.184 e. The molecule has 3 nitrogen and oxygen atoms in total. The van der Waals surface area contributed by atoms with Crippen LogP contribution < -0.4 is 0 Å². The van der Waals surface area contributed by atoms with E-state index < -0.39 is 8.32 Å². The summed E-state index contributed by atoms with van der Waals surface area (Å²) < 4.78 is 6.13. The number of carbonyl (C=O) groups is 1. The second-order valence-corrected chi connectivity index (χ2v) is 10.5. The molecule has 0 bridgehead atoms. The van der Waals surface area contributed by atoms with Crippen LogP contribution in [-0.4, -0.2) is 26.1 Å². The van der Waals surface area contributed by atoms with E-state index in [0.29, 0.717) is 12.8 Å². The summed E-state index contributed by atoms with van der Waals surface area (Å²) in [7, 11) is -1.60. The maximum atomic E-state index is 10.9. The lowest BCUT2D eigenvalue weighted by molar-refractivity contribution is -0.117. The first-order valence-electron chi connectivity index (χ1n) is 7.18. The first-order chi connectivity index (χ1) is 8.78. The van der Waals surface area contributed by atoms with Crippen molar-refractivity contribution in [1.82, 2.24) is 0 Å². The standard InChI is InChI=1S/C15H28O3Si/c1-6-14(12-16)11-15(18-19(3,4)5)10-8-7-9-13(2)17/h15H,6-11H2,1-5H3. The highest BCUT2D eigenvalue weighted by molar-refractivity contribution is 6.69. The van der Waals surface area contributed by atoms with E-state index in [1.807, 2.05) is 12.9 Å². The zero-order valence-corrected chi connectivity index (χ0v) is 14.0. The van der Waals surface area contributed by atoms with E-state index in [1.54, 1.807) is 6.92 Å². The molecule has 0 radical (unpaired) electrons. The van der Waals surface area contributed by atoms with Crippen molar-refractivity contribution >= 4 is 20.0 Å². The van der Waals surface area contributed by atoms with Crippen molar-refractivity contribution in [3.63, 3.8) is 0 Å². The average Bonchev–Trinajstić information content (AvgIpc) is 2.29. The second-order valence-electron chi connectivity index (χ2n) is 6.06. The Hall–Kier alpha value is -0.703. The van der Waals surface area contributed by atoms with Gasteiger partial charge in [-0.1, -0.05) is 13.3 Å². The molecule has 0 rings (SSSR count). The van der Waals surface area contributed by atoms with Crippen LogP contribution >= 0.6 is 0 Å². The minimum atomic E-state index is -1.60. The van der Waals surface area contributed by atoms with Crippen LogP contribution in [0.15, 0.2) is 5.57 Å². The lowest BCUT2D eigenvalue weighted by Crippen LogP contribution is -2.32. The number of rotatable bonds is 10. The Bertz CT molecular complexity index is 325. The number of Topliss-reactive ketones (excluding diaryl/α,β-unsaturated/α-hetero) is 1. The molecule has 0 aliphatic carbocycles. The Morgan fingerprint density at radius 3 is 2.32 bits per heavy atom. The molecular weight excluding hydrogens is 256 g/mol. The molecule has 0 aliphatic rings. The minimum Gasteiger partial charge on any atom is -0.414 e. The van der Waals surface area contributed by atoms with Crippen LogP contribution in [0.25, 0.3) is 0 Å². The van der Waals surface area contributed by atoms with Crippen LogP contribution in [0, 0.1) is 0 Å². The SMILES string of the molecule is CCC(=C=O)CC(CCCCC(C)=O)O[Si](C)(C)C. The summed E-state index contributed by atoms with van der Waals surface area (Å²) in [6.07, 6.45) is 4.98. The average molecular weight is 284 g/mol. The van der Waals surface area contributed by atoms with Crippen LogP contribution in [-0.2, 0) is 14.0 Å². The quantitative estimate of drug-likeness (QED) is 0.347. The molecule has 0 aromatic rings. The Kier molecular flexibility index (Phi) is 8.90. The summed E-state index contributed by atoms with van der Waals surface area (Å²) >= 11 is 0. The third kappa shape index (κ3) is 10.9. The van der Waals surface area contributed by atoms with Gasteiger partial charge in [0.1, 0.15) is 11.7 Å². The number of hydrogen-bond donors (Lipinski definition) is 0. The predicted octanol–water partition coefficient (Wildman–Crippen LogP) is 3.91. The van der Waals surface area contributed by atoms with Gasteiger partial charge in [0.2, 0.25) is 0 Å². The van der Waals surface area contributed by atoms with E-state index in [9.17, 15) is 9.59 Å². The van der Waals surface area contributed by atoms with Gasteiger partial charge in [-0.3, -0.25) is 0 Å². The molecule has 0 aromatic carbocycles. The summed E-state index contributed by atoms with van der Waals surface area (Å²) in [4.78, 5) is 21.7. The number of unbranched alkanes of at least 4 members (excludes halogenated alkanes) is 1. The van der Waals surface area contributed by atoms with E-state index in [0.717, 1.165) is 31.3 Å². The molecule has 0 aliphatic heterocycles. The minimum absolute atomic E-state index is 0.107. The predicted molar refractivity (Wildman–Crippen MR) is 81.5 cm³/mol. The highest BCUT2D eigenvalue weighted by atomic mass is 28.4. The maximum absolute atomic E-state index is 10.9. The molecule has 110 valence electrons. The molecule has 0 fully saturated rings. The molecule has 0 spiro atoms. The van der Waals surface area contributed by atoms with E-state index in [4.69, 9.17) is 4.43 Å². The molecule has 0 heterocycles. The van der Waals surface area contributed by atoms with Gasteiger partial charge in [0, 0.05) is 24.5 Å². The normalized spacial score (nSPS) is 12.9. The van der Waals surface area contributed by atoms with Crippen molar-refractivity contribution in [2.45, 2.75) is 78.1 Å². The van der Waals surface area contributed by atoms with Gasteiger partial charge in [0.25, 0.3) is 0 Å². The summed E-state index contributed by atoms with van der Waals surface area (Å²) in [6.45, 7) is 10.1. The fourth-order valence-electron chi connectivity index (χ4n) is 1.98. The van der Waals surface area contributed by atoms with Crippen molar-refractivity contribution in [2.75, 3.05) is 0 Å². The fourth-order valence-corrected chi connectivity index (χ4v) is 3.18. The van der Waals surface area contributed by atoms with Gasteiger partial charge in [-0.05, 0) is 45.8 Å². The Morgan fingerprint density at radius 1 is 1.26 bits per heavy atom. The third-order valence-electron chi connectivity index (χ3n) is 2.87. The first kappa shape index (κ1) is 18.3. The largest absolute Gasteiger partial charge is 0.414 e. The number of hydrogen-bond acceptors (Lipinski definition) is 3. The van der Waals surface area contributed by atoms with Gasteiger partial charge in [-0.2, -0.15) is 0 Å². The highest BCUT2D eigenvalue weighted by Crippen LogP contribution is 2.20. The molecule has 0 saturated heterocycles. The third-order valence-corrected chi connectivity index (χ3v) is 3.91. The van der Waals surface area contributed by atoms with Crippen molar-refractivity contribution < 1.29 is 14.0 Å². The van der Waals surface area contributed by atoms with Gasteiger partial charge >= 0.3 is 0 Å². The van der Waals surface area contributed by atoms with Gasteiger partial charge in [0.15, 0.2) is 8.32 Å². The van der Waals surface area contributed by atoms with Crippen LogP contribution in [0.1, 0.15) is 52.4 Å². The highest BCUT2D eigenvalue weighted by Gasteiger charge is 2.21. The Labute approximate surface area is 118 Å². The summed E-state index contributed by atoms with van der Waals surface area (Å²) in [5.74, 6) is 2.27. The van der Waals surface area contributed by atoms with Crippen LogP contribution in [0.4, 0.5) is 0 Å². The Balaban J connectivity index is 4.34. The molecule has 4 heteroatoms. The zero-order chi connectivity index (χ0) is 14.9. The van der Waals surface area contributed by atoms with Crippen molar-refractivity contribution in [3.05, 3.63) is 5.57 Å². The summed E-state index contributed by atoms with van der Waals surface area (Å²) in [5.41, 5.74) is 0.801. The van der Waals surface area contributed by atoms with Gasteiger partial charge in [-0.15, -0.1) is 0 Å². The molecule has 0 aromatic heterocycles. The van der Waals surface area contributed by atoms with E-state index in [2.05, 4.69) is 19.6 Å². The first-order valence-corrected chi connectivity index (χ1v) is 10.6. The molecule has 1 atom stereocenters. The van der Waals surface area contributed by atoms with E-state index in [-0.39, 0.29) is 11.9 Å². The molecule has 19 heavy (non-hydrogen) atoms. The fraction of sp³-hybridized carbons (Fsp3) is 0.800. The summed E-state index contributed by atoms with van der Waals surface area (Å²) in [6, 6.07) is 0. The summed E-state index contributed by atoms with van der Waals surface area (Å²) in [5, 5.41) is 0. The van der Waals surface area contributed by atoms with E-state index in [1.165, 1.54) is 0 Å². The number of ketones is 1. The van der Waals surface area contributed by atoms with Crippen LogP contribution in [0.3, 0.4) is 0 Å². The Morgan fingerprint density at radius 2 is 1.89 bits per heavy atom. The topological polar surface area (TPSA) is 43.4 Å².